The van der Waals surface area contributed by atoms with Crippen LogP contribution in [0.3, 0.4) is 0 Å². The van der Waals surface area contributed by atoms with Crippen molar-refractivity contribution in [1.29, 1.82) is 0 Å². The molecule has 1 aromatic rings. The molecule has 1 fully saturated rings. The Bertz CT molecular complexity index is 508. The molecule has 0 radical (unpaired) electrons. The van der Waals surface area contributed by atoms with E-state index < -0.39 is 0 Å². The van der Waals surface area contributed by atoms with Crippen molar-refractivity contribution in [2.45, 2.75) is 38.3 Å². The van der Waals surface area contributed by atoms with Crippen molar-refractivity contribution in [3.05, 3.63) is 28.2 Å². The zero-order valence-corrected chi connectivity index (χ0v) is 13.5. The van der Waals surface area contributed by atoms with E-state index in [-0.39, 0.29) is 18.1 Å². The van der Waals surface area contributed by atoms with Gasteiger partial charge in [-0.25, -0.2) is 0 Å². The molecule has 1 aliphatic heterocycles. The van der Waals surface area contributed by atoms with Crippen LogP contribution in [-0.4, -0.2) is 41.1 Å². The highest BCUT2D eigenvalue weighted by Crippen LogP contribution is 2.26. The van der Waals surface area contributed by atoms with E-state index in [0.29, 0.717) is 28.7 Å². The van der Waals surface area contributed by atoms with Crippen molar-refractivity contribution >= 4 is 34.8 Å². The number of aliphatic hydroxyl groups is 1. The maximum atomic E-state index is 12.1. The molecule has 0 aliphatic carbocycles. The van der Waals surface area contributed by atoms with E-state index in [0.717, 1.165) is 19.4 Å². The predicted molar refractivity (Wildman–Crippen MR) is 86.0 cm³/mol. The summed E-state index contributed by atoms with van der Waals surface area (Å²) in [5.41, 5.74) is 0.567. The van der Waals surface area contributed by atoms with Gasteiger partial charge >= 0.3 is 0 Å². The molecular weight excluding hydrogens is 311 g/mol. The molecule has 1 amide bonds. The van der Waals surface area contributed by atoms with Gasteiger partial charge in [0.05, 0.1) is 23.4 Å². The summed E-state index contributed by atoms with van der Waals surface area (Å²) < 4.78 is 0. The quantitative estimate of drug-likeness (QED) is 0.871. The zero-order chi connectivity index (χ0) is 15.4. The van der Waals surface area contributed by atoms with Crippen LogP contribution in [-0.2, 0) is 4.79 Å². The van der Waals surface area contributed by atoms with Gasteiger partial charge < -0.3 is 10.4 Å². The maximum absolute atomic E-state index is 12.1. The Hall–Kier alpha value is -0.810. The van der Waals surface area contributed by atoms with Crippen LogP contribution in [0.15, 0.2) is 18.2 Å². The molecule has 1 aliphatic rings. The van der Waals surface area contributed by atoms with E-state index in [1.807, 2.05) is 0 Å². The highest BCUT2D eigenvalue weighted by atomic mass is 35.5. The molecule has 1 heterocycles. The van der Waals surface area contributed by atoms with Crippen LogP contribution in [0.25, 0.3) is 0 Å². The van der Waals surface area contributed by atoms with Crippen LogP contribution in [0.1, 0.15) is 26.2 Å². The van der Waals surface area contributed by atoms with Gasteiger partial charge in [0.1, 0.15) is 0 Å². The number of carbonyl (C=O) groups excluding carboxylic acids is 1. The van der Waals surface area contributed by atoms with Gasteiger partial charge in [0.15, 0.2) is 0 Å². The SMILES string of the molecule is CC(O)CC1CCCN1CC(=O)Nc1ccc(Cl)cc1Cl. The number of anilines is 1. The van der Waals surface area contributed by atoms with Gasteiger partial charge in [0.2, 0.25) is 5.91 Å². The first-order valence-electron chi connectivity index (χ1n) is 7.12. The van der Waals surface area contributed by atoms with Crippen LogP contribution < -0.4 is 5.32 Å². The second kappa shape index (κ2) is 7.45. The third-order valence-corrected chi connectivity index (χ3v) is 4.21. The first-order valence-corrected chi connectivity index (χ1v) is 7.88. The second-order valence-corrected chi connectivity index (χ2v) is 6.37. The smallest absolute Gasteiger partial charge is 0.238 e. The summed E-state index contributed by atoms with van der Waals surface area (Å²) in [6.07, 6.45) is 2.45. The lowest BCUT2D eigenvalue weighted by molar-refractivity contribution is -0.117. The van der Waals surface area contributed by atoms with Gasteiger partial charge in [-0.15, -0.1) is 0 Å². The summed E-state index contributed by atoms with van der Waals surface area (Å²) in [7, 11) is 0. The van der Waals surface area contributed by atoms with Crippen LogP contribution >= 0.6 is 23.2 Å². The number of hydrogen-bond acceptors (Lipinski definition) is 3. The van der Waals surface area contributed by atoms with Crippen molar-refractivity contribution in [2.75, 3.05) is 18.4 Å². The molecule has 2 N–H and O–H groups in total. The molecule has 1 aromatic carbocycles. The lowest BCUT2D eigenvalue weighted by Crippen LogP contribution is -2.38. The Kier molecular flexibility index (Phi) is 5.88. The third kappa shape index (κ3) is 4.85. The number of amides is 1. The van der Waals surface area contributed by atoms with Crippen molar-refractivity contribution in [1.82, 2.24) is 4.90 Å². The predicted octanol–water partition coefficient (Wildman–Crippen LogP) is 3.17. The fourth-order valence-corrected chi connectivity index (χ4v) is 3.18. The monoisotopic (exact) mass is 330 g/mol. The summed E-state index contributed by atoms with van der Waals surface area (Å²) in [5, 5.41) is 13.3. The van der Waals surface area contributed by atoms with E-state index in [1.165, 1.54) is 0 Å². The Labute approximate surface area is 135 Å². The molecule has 4 nitrogen and oxygen atoms in total. The van der Waals surface area contributed by atoms with Crippen LogP contribution in [0.4, 0.5) is 5.69 Å². The Morgan fingerprint density at radius 2 is 2.29 bits per heavy atom. The van der Waals surface area contributed by atoms with E-state index in [9.17, 15) is 9.90 Å². The molecule has 116 valence electrons. The average Bonchev–Trinajstić information content (AvgIpc) is 2.79. The largest absolute Gasteiger partial charge is 0.393 e. The molecule has 0 bridgehead atoms. The van der Waals surface area contributed by atoms with Gasteiger partial charge in [0, 0.05) is 11.1 Å². The standard InChI is InChI=1S/C15H20Cl2N2O2/c1-10(20)7-12-3-2-6-19(12)9-15(21)18-14-5-4-11(16)8-13(14)17/h4-5,8,10,12,20H,2-3,6-7,9H2,1H3,(H,18,21). The lowest BCUT2D eigenvalue weighted by atomic mass is 10.1. The van der Waals surface area contributed by atoms with Crippen LogP contribution in [0, 0.1) is 0 Å². The minimum absolute atomic E-state index is 0.100. The number of nitrogens with one attached hydrogen (secondary N) is 1. The van der Waals surface area contributed by atoms with E-state index >= 15 is 0 Å². The lowest BCUT2D eigenvalue weighted by Gasteiger charge is -2.24. The summed E-state index contributed by atoms with van der Waals surface area (Å²) in [6, 6.07) is 5.26. The van der Waals surface area contributed by atoms with E-state index in [4.69, 9.17) is 23.2 Å². The normalized spacial score (nSPS) is 20.5. The molecule has 21 heavy (non-hydrogen) atoms. The Balaban J connectivity index is 1.92. The third-order valence-electron chi connectivity index (χ3n) is 3.66. The van der Waals surface area contributed by atoms with Crippen molar-refractivity contribution in [3.8, 4) is 0 Å². The summed E-state index contributed by atoms with van der Waals surface area (Å²) >= 11 is 11.9. The number of halogens is 2. The molecule has 6 heteroatoms. The number of rotatable bonds is 5. The van der Waals surface area contributed by atoms with Crippen molar-refractivity contribution in [2.24, 2.45) is 0 Å². The number of aliphatic hydroxyl groups excluding tert-OH is 1. The number of benzene rings is 1. The first-order chi connectivity index (χ1) is 9.95. The summed E-state index contributed by atoms with van der Waals surface area (Å²) in [5.74, 6) is -0.100. The van der Waals surface area contributed by atoms with Gasteiger partial charge in [-0.3, -0.25) is 9.69 Å². The molecule has 0 spiro atoms. The van der Waals surface area contributed by atoms with E-state index in [1.54, 1.807) is 25.1 Å². The maximum Gasteiger partial charge on any atom is 0.238 e. The molecule has 2 rings (SSSR count). The molecule has 2 unspecified atom stereocenters. The molecular formula is C15H20Cl2N2O2. The average molecular weight is 331 g/mol. The number of carbonyl (C=O) groups is 1. The fraction of sp³-hybridized carbons (Fsp3) is 0.533. The minimum Gasteiger partial charge on any atom is -0.393 e. The fourth-order valence-electron chi connectivity index (χ4n) is 2.73. The molecule has 0 saturated carbocycles. The highest BCUT2D eigenvalue weighted by Gasteiger charge is 2.27. The molecule has 0 aromatic heterocycles. The number of likely N-dealkylation sites (tertiary alicyclic amines) is 1. The molecule has 2 atom stereocenters. The number of nitrogens with zero attached hydrogens (tertiary/aromatic N) is 1. The highest BCUT2D eigenvalue weighted by molar-refractivity contribution is 6.36. The Morgan fingerprint density at radius 3 is 2.95 bits per heavy atom. The van der Waals surface area contributed by atoms with Gasteiger partial charge in [0.25, 0.3) is 0 Å². The van der Waals surface area contributed by atoms with Crippen molar-refractivity contribution < 1.29 is 9.90 Å². The van der Waals surface area contributed by atoms with Gasteiger partial charge in [-0.1, -0.05) is 23.2 Å². The topological polar surface area (TPSA) is 52.6 Å². The summed E-state index contributed by atoms with van der Waals surface area (Å²) in [6.45, 7) is 2.99. The number of hydrogen-bond donors (Lipinski definition) is 2. The first kappa shape index (κ1) is 16.6. The van der Waals surface area contributed by atoms with Gasteiger partial charge in [-0.2, -0.15) is 0 Å². The summed E-state index contributed by atoms with van der Waals surface area (Å²) in [4.78, 5) is 14.2. The van der Waals surface area contributed by atoms with Gasteiger partial charge in [-0.05, 0) is 50.9 Å². The van der Waals surface area contributed by atoms with Crippen LogP contribution in [0.2, 0.25) is 10.0 Å². The zero-order valence-electron chi connectivity index (χ0n) is 12.0. The van der Waals surface area contributed by atoms with E-state index in [2.05, 4.69) is 10.2 Å². The van der Waals surface area contributed by atoms with Crippen molar-refractivity contribution in [3.63, 3.8) is 0 Å². The second-order valence-electron chi connectivity index (χ2n) is 5.52. The molecule has 1 saturated heterocycles. The van der Waals surface area contributed by atoms with Crippen LogP contribution in [0.5, 0.6) is 0 Å². The minimum atomic E-state index is -0.343. The Morgan fingerprint density at radius 1 is 1.52 bits per heavy atom.